The van der Waals surface area contributed by atoms with Gasteiger partial charge in [-0.15, -0.1) is 10.3 Å². The van der Waals surface area contributed by atoms with E-state index >= 15 is 0 Å². The zero-order chi connectivity index (χ0) is 20.1. The van der Waals surface area contributed by atoms with Gasteiger partial charge in [0.2, 0.25) is 0 Å². The highest BCUT2D eigenvalue weighted by atomic mass is 32.3. The number of fused-ring (bicyclic) bond motifs is 2. The monoisotopic (exact) mass is 436 g/mol. The summed E-state index contributed by atoms with van der Waals surface area (Å²) in [5.74, 6) is 3.24. The van der Waals surface area contributed by atoms with Gasteiger partial charge in [0.1, 0.15) is 11.6 Å². The molecular formula is C19H32O5S3. The van der Waals surface area contributed by atoms with Crippen LogP contribution in [0, 0.1) is 22.7 Å². The molecule has 0 aromatic rings. The summed E-state index contributed by atoms with van der Waals surface area (Å²) in [6.07, 6.45) is 2.03. The molecule has 1 heterocycles. The Labute approximate surface area is 169 Å². The number of hydrogen-bond acceptors (Lipinski definition) is 6. The fourth-order valence-electron chi connectivity index (χ4n) is 4.94. The molecule has 3 rings (SSSR count). The van der Waals surface area contributed by atoms with Gasteiger partial charge in [-0.05, 0) is 24.2 Å². The molecule has 0 N–H and O–H groups in total. The highest BCUT2D eigenvalue weighted by Gasteiger charge is 2.65. The van der Waals surface area contributed by atoms with Crippen LogP contribution in [-0.2, 0) is 23.3 Å². The summed E-state index contributed by atoms with van der Waals surface area (Å²) < 4.78 is 32.2. The Morgan fingerprint density at radius 1 is 1.30 bits per heavy atom. The molecule has 3 aliphatic rings. The first-order valence-corrected chi connectivity index (χ1v) is 14.6. The lowest BCUT2D eigenvalue weighted by atomic mass is 9.70. The molecule has 0 aromatic carbocycles. The van der Waals surface area contributed by atoms with Crippen LogP contribution in [0.4, 0.5) is 0 Å². The summed E-state index contributed by atoms with van der Waals surface area (Å²) in [5.41, 5.74) is -1.12. The van der Waals surface area contributed by atoms with E-state index in [0.29, 0.717) is 24.3 Å². The molecule has 2 aliphatic carbocycles. The topological polar surface area (TPSA) is 77.5 Å². The minimum atomic E-state index is -3.89. The average Bonchev–Trinajstić information content (AvgIpc) is 2.88. The van der Waals surface area contributed by atoms with Gasteiger partial charge in [-0.25, -0.2) is 3.63 Å². The molecule has 0 spiro atoms. The van der Waals surface area contributed by atoms with E-state index in [9.17, 15) is 18.0 Å². The molecule has 8 heteroatoms. The third-order valence-corrected chi connectivity index (χ3v) is 14.1. The molecule has 3 fully saturated rings. The quantitative estimate of drug-likeness (QED) is 0.608. The van der Waals surface area contributed by atoms with Crippen molar-refractivity contribution in [2.24, 2.45) is 22.7 Å². The normalized spacial score (nSPS) is 33.4. The lowest BCUT2D eigenvalue weighted by Crippen LogP contribution is -2.43. The Hall–Kier alpha value is -0.0500. The van der Waals surface area contributed by atoms with Gasteiger partial charge >= 0.3 is 0 Å². The minimum Gasteiger partial charge on any atom is -0.299 e. The molecule has 2 saturated carbocycles. The summed E-state index contributed by atoms with van der Waals surface area (Å²) in [6, 6.07) is 0. The third kappa shape index (κ3) is 3.88. The number of Topliss-reactive ketones (excluding diaryl/α,β-unsaturated/α-hetero) is 2. The summed E-state index contributed by atoms with van der Waals surface area (Å²) in [6.45, 7) is 7.76. The summed E-state index contributed by atoms with van der Waals surface area (Å²) in [7, 11) is -5.87. The lowest BCUT2D eigenvalue weighted by Gasteiger charge is -2.42. The predicted octanol–water partition coefficient (Wildman–Crippen LogP) is 3.42. The van der Waals surface area contributed by atoms with Crippen LogP contribution in [0.25, 0.3) is 0 Å². The van der Waals surface area contributed by atoms with Crippen molar-refractivity contribution in [3.8, 4) is 0 Å². The van der Waals surface area contributed by atoms with Crippen molar-refractivity contribution in [1.82, 2.24) is 0 Å². The van der Waals surface area contributed by atoms with Crippen molar-refractivity contribution in [3.05, 3.63) is 0 Å². The molecule has 2 bridgehead atoms. The molecule has 2 unspecified atom stereocenters. The Balaban J connectivity index is 1.83. The Kier molecular flexibility index (Phi) is 5.88. The first kappa shape index (κ1) is 21.7. The van der Waals surface area contributed by atoms with E-state index in [1.807, 2.05) is 27.7 Å². The fraction of sp³-hybridized carbons (Fsp3) is 0.895. The van der Waals surface area contributed by atoms with Crippen molar-refractivity contribution >= 4 is 43.8 Å². The van der Waals surface area contributed by atoms with E-state index in [1.165, 1.54) is 0 Å². The second-order valence-electron chi connectivity index (χ2n) is 9.19. The molecule has 2 atom stereocenters. The fourth-order valence-corrected chi connectivity index (χ4v) is 13.8. The zero-order valence-electron chi connectivity index (χ0n) is 16.8. The summed E-state index contributed by atoms with van der Waals surface area (Å²) in [4.78, 5) is 25.1. The number of ketones is 2. The Morgan fingerprint density at radius 3 is 2.41 bits per heavy atom. The molecular weight excluding hydrogens is 404 g/mol. The van der Waals surface area contributed by atoms with Crippen LogP contribution < -0.4 is 0 Å². The first-order chi connectivity index (χ1) is 12.4. The van der Waals surface area contributed by atoms with Gasteiger partial charge in [-0.1, -0.05) is 27.7 Å². The van der Waals surface area contributed by atoms with Gasteiger partial charge in [0.25, 0.3) is 10.1 Å². The smallest absolute Gasteiger partial charge is 0.277 e. The minimum absolute atomic E-state index is 0.0727. The first-order valence-electron chi connectivity index (χ1n) is 9.77. The van der Waals surface area contributed by atoms with Crippen molar-refractivity contribution in [3.63, 3.8) is 0 Å². The number of rotatable bonds is 7. The zero-order valence-corrected chi connectivity index (χ0v) is 19.2. The number of hydrogen-bond donors (Lipinski definition) is 0. The number of thioether (sulfide) groups is 1. The molecule has 0 amide bonds. The summed E-state index contributed by atoms with van der Waals surface area (Å²) in [5, 5.41) is 0. The third-order valence-electron chi connectivity index (χ3n) is 7.06. The Morgan fingerprint density at radius 2 is 1.93 bits per heavy atom. The van der Waals surface area contributed by atoms with E-state index in [1.54, 1.807) is 11.8 Å². The molecule has 0 radical (unpaired) electrons. The largest absolute Gasteiger partial charge is 0.299 e. The van der Waals surface area contributed by atoms with Crippen molar-refractivity contribution in [1.29, 1.82) is 0 Å². The maximum Gasteiger partial charge on any atom is 0.277 e. The van der Waals surface area contributed by atoms with Crippen LogP contribution in [0.3, 0.4) is 0 Å². The molecule has 5 nitrogen and oxygen atoms in total. The Bertz CT molecular complexity index is 722. The lowest BCUT2D eigenvalue weighted by molar-refractivity contribution is -0.128. The maximum absolute atomic E-state index is 13.2. The van der Waals surface area contributed by atoms with Gasteiger partial charge in [0, 0.05) is 35.4 Å². The SMILES string of the molecule is CC(C)C(=O)CS1(OS(=O)(=O)CC23CCC(CC2=O)C3(C)C)CCSCC1. The average molecular weight is 437 g/mol. The number of carbonyl (C=O) groups is 2. The highest BCUT2D eigenvalue weighted by molar-refractivity contribution is 8.34. The van der Waals surface area contributed by atoms with Crippen molar-refractivity contribution in [2.45, 2.75) is 47.0 Å². The van der Waals surface area contributed by atoms with Gasteiger partial charge in [0.05, 0.1) is 16.9 Å². The summed E-state index contributed by atoms with van der Waals surface area (Å²) >= 11 is 1.78. The van der Waals surface area contributed by atoms with E-state index in [-0.39, 0.29) is 40.3 Å². The van der Waals surface area contributed by atoms with Gasteiger partial charge in [0.15, 0.2) is 0 Å². The van der Waals surface area contributed by atoms with Crippen LogP contribution in [-0.4, -0.2) is 54.5 Å². The van der Waals surface area contributed by atoms with Crippen molar-refractivity contribution < 1.29 is 21.6 Å². The van der Waals surface area contributed by atoms with Crippen molar-refractivity contribution in [2.75, 3.05) is 34.5 Å². The second kappa shape index (κ2) is 7.33. The van der Waals surface area contributed by atoms with E-state index in [4.69, 9.17) is 3.63 Å². The van der Waals surface area contributed by atoms with Gasteiger partial charge < -0.3 is 0 Å². The second-order valence-corrected chi connectivity index (χ2v) is 15.4. The molecule has 156 valence electrons. The van der Waals surface area contributed by atoms with E-state index in [2.05, 4.69) is 0 Å². The van der Waals surface area contributed by atoms with Crippen LogP contribution in [0.1, 0.15) is 47.0 Å². The van der Waals surface area contributed by atoms with E-state index < -0.39 is 25.8 Å². The molecule has 27 heavy (non-hydrogen) atoms. The van der Waals surface area contributed by atoms with Crippen LogP contribution in [0.2, 0.25) is 0 Å². The van der Waals surface area contributed by atoms with E-state index in [0.717, 1.165) is 17.9 Å². The van der Waals surface area contributed by atoms with Gasteiger partial charge in [-0.2, -0.15) is 20.2 Å². The maximum atomic E-state index is 13.2. The standard InChI is InChI=1S/C19H32O5S3/c1-14(2)16(20)12-26(9-7-25-8-10-26)24-27(22,23)13-19-6-5-15(11-17(19)21)18(19,3)4/h14-15H,5-13H2,1-4H3. The van der Waals surface area contributed by atoms with Crippen LogP contribution in [0.5, 0.6) is 0 Å². The molecule has 1 saturated heterocycles. The number of carbonyl (C=O) groups excluding carboxylic acids is 2. The molecule has 1 aliphatic heterocycles. The van der Waals surface area contributed by atoms with Crippen LogP contribution in [0.15, 0.2) is 0 Å². The highest BCUT2D eigenvalue weighted by Crippen LogP contribution is 2.65. The van der Waals surface area contributed by atoms with Crippen LogP contribution >= 0.6 is 22.1 Å². The predicted molar refractivity (Wildman–Crippen MR) is 113 cm³/mol. The molecule has 0 aromatic heterocycles. The van der Waals surface area contributed by atoms with Gasteiger partial charge in [-0.3, -0.25) is 9.59 Å².